The van der Waals surface area contributed by atoms with Crippen molar-refractivity contribution in [2.24, 2.45) is 0 Å². The second kappa shape index (κ2) is 5.66. The zero-order valence-electron chi connectivity index (χ0n) is 13.5. The standard InChI is InChI=1S/C19H9F3N4O/c20-13-7-15(22)14(21)6-12(13)17-18(27-9-23-17)11-4-5-16-24-25-19(26(16)8-11)10-2-1-3-10/h1-9H. The molecule has 27 heavy (non-hydrogen) atoms. The molecule has 0 bridgehead atoms. The number of allylic oxidation sites excluding steroid dienone is 4. The van der Waals surface area contributed by atoms with Gasteiger partial charge in [0.25, 0.3) is 0 Å². The third kappa shape index (κ3) is 2.37. The average Bonchev–Trinajstić information content (AvgIpc) is 3.24. The van der Waals surface area contributed by atoms with Crippen LogP contribution in [0.25, 0.3) is 33.8 Å². The fraction of sp³-hybridized carbons (Fsp3) is 0. The quantitative estimate of drug-likeness (QED) is 0.504. The molecule has 0 fully saturated rings. The summed E-state index contributed by atoms with van der Waals surface area (Å²) in [6.45, 7) is 0. The molecular formula is C19H9F3N4O. The molecule has 1 aliphatic rings. The van der Waals surface area contributed by atoms with Crippen molar-refractivity contribution in [1.29, 1.82) is 0 Å². The maximum atomic E-state index is 14.2. The zero-order valence-corrected chi connectivity index (χ0v) is 13.5. The Bertz CT molecular complexity index is 1270. The lowest BCUT2D eigenvalue weighted by Crippen LogP contribution is -1.97. The molecule has 132 valence electrons. The van der Waals surface area contributed by atoms with E-state index in [4.69, 9.17) is 4.42 Å². The minimum absolute atomic E-state index is 0.0723. The van der Waals surface area contributed by atoms with Crippen LogP contribution in [0.1, 0.15) is 5.82 Å². The molecule has 3 heterocycles. The molecule has 4 aromatic rings. The molecule has 5 nitrogen and oxygen atoms in total. The molecule has 0 saturated carbocycles. The van der Waals surface area contributed by atoms with Crippen molar-refractivity contribution >= 4 is 11.2 Å². The second-order valence-electron chi connectivity index (χ2n) is 5.93. The van der Waals surface area contributed by atoms with E-state index in [1.165, 1.54) is 0 Å². The maximum absolute atomic E-state index is 14.2. The monoisotopic (exact) mass is 366 g/mol. The lowest BCUT2D eigenvalue weighted by molar-refractivity contribution is 0.496. The normalized spacial score (nSPS) is 13.1. The van der Waals surface area contributed by atoms with Gasteiger partial charge in [-0.15, -0.1) is 10.2 Å². The van der Waals surface area contributed by atoms with Crippen molar-refractivity contribution in [3.63, 3.8) is 0 Å². The third-order valence-electron chi connectivity index (χ3n) is 4.31. The van der Waals surface area contributed by atoms with Gasteiger partial charge in [-0.1, -0.05) is 18.2 Å². The van der Waals surface area contributed by atoms with Gasteiger partial charge in [-0.05, 0) is 18.2 Å². The number of pyridine rings is 1. The van der Waals surface area contributed by atoms with Gasteiger partial charge >= 0.3 is 0 Å². The molecule has 0 unspecified atom stereocenters. The van der Waals surface area contributed by atoms with Crippen LogP contribution in [0.2, 0.25) is 0 Å². The first-order chi connectivity index (χ1) is 13.1. The molecule has 0 saturated heterocycles. The van der Waals surface area contributed by atoms with E-state index in [2.05, 4.69) is 15.2 Å². The average molecular weight is 366 g/mol. The Labute approximate surface area is 150 Å². The van der Waals surface area contributed by atoms with E-state index in [1.54, 1.807) is 22.7 Å². The van der Waals surface area contributed by atoms with Gasteiger partial charge in [0, 0.05) is 29.0 Å². The molecule has 0 atom stereocenters. The smallest absolute Gasteiger partial charge is 0.182 e. The Balaban J connectivity index is 1.67. The highest BCUT2D eigenvalue weighted by molar-refractivity contribution is 5.80. The summed E-state index contributed by atoms with van der Waals surface area (Å²) >= 11 is 0. The summed E-state index contributed by atoms with van der Waals surface area (Å²) in [7, 11) is 0. The van der Waals surface area contributed by atoms with E-state index in [0.717, 1.165) is 18.0 Å². The van der Waals surface area contributed by atoms with E-state index < -0.39 is 17.5 Å². The first-order valence-corrected chi connectivity index (χ1v) is 7.94. The second-order valence-corrected chi connectivity index (χ2v) is 5.93. The topological polar surface area (TPSA) is 56.2 Å². The number of hydrogen-bond donors (Lipinski definition) is 0. The first kappa shape index (κ1) is 15.6. The van der Waals surface area contributed by atoms with Crippen molar-refractivity contribution < 1.29 is 17.6 Å². The van der Waals surface area contributed by atoms with Gasteiger partial charge in [0.2, 0.25) is 0 Å². The first-order valence-electron chi connectivity index (χ1n) is 7.94. The van der Waals surface area contributed by atoms with Crippen LogP contribution in [0.15, 0.2) is 59.5 Å². The van der Waals surface area contributed by atoms with Crippen molar-refractivity contribution in [2.75, 3.05) is 0 Å². The lowest BCUT2D eigenvalue weighted by atomic mass is 10.1. The van der Waals surface area contributed by atoms with Crippen LogP contribution in [0.5, 0.6) is 0 Å². The molecule has 3 aromatic heterocycles. The van der Waals surface area contributed by atoms with Crippen molar-refractivity contribution in [3.05, 3.63) is 78.4 Å². The molecule has 0 radical (unpaired) electrons. The summed E-state index contributed by atoms with van der Waals surface area (Å²) in [6.07, 6.45) is 8.54. The van der Waals surface area contributed by atoms with Crippen LogP contribution >= 0.6 is 0 Å². The molecule has 1 aromatic carbocycles. The highest BCUT2D eigenvalue weighted by Crippen LogP contribution is 2.34. The van der Waals surface area contributed by atoms with Gasteiger partial charge in [-0.25, -0.2) is 18.2 Å². The van der Waals surface area contributed by atoms with Gasteiger partial charge in [0.1, 0.15) is 11.5 Å². The maximum Gasteiger partial charge on any atom is 0.182 e. The van der Waals surface area contributed by atoms with Crippen LogP contribution < -0.4 is 0 Å². The van der Waals surface area contributed by atoms with Crippen LogP contribution in [0.4, 0.5) is 13.2 Å². The van der Waals surface area contributed by atoms with Crippen molar-refractivity contribution in [1.82, 2.24) is 19.6 Å². The Morgan fingerprint density at radius 3 is 2.56 bits per heavy atom. The van der Waals surface area contributed by atoms with E-state index in [9.17, 15) is 13.2 Å². The predicted molar refractivity (Wildman–Crippen MR) is 90.9 cm³/mol. The van der Waals surface area contributed by atoms with E-state index in [0.29, 0.717) is 23.1 Å². The number of aromatic nitrogens is 4. The Hall–Kier alpha value is -3.68. The minimum atomic E-state index is -1.27. The van der Waals surface area contributed by atoms with Crippen LogP contribution in [-0.4, -0.2) is 19.6 Å². The number of halogens is 3. The summed E-state index contributed by atoms with van der Waals surface area (Å²) in [6, 6.07) is 4.68. The van der Waals surface area contributed by atoms with Gasteiger partial charge in [0.05, 0.1) is 0 Å². The fourth-order valence-electron chi connectivity index (χ4n) is 2.91. The number of oxazole rings is 1. The largest absolute Gasteiger partial charge is 0.443 e. The molecule has 1 aliphatic carbocycles. The van der Waals surface area contributed by atoms with Crippen molar-refractivity contribution in [3.8, 4) is 22.6 Å². The summed E-state index contributed by atoms with van der Waals surface area (Å²) in [4.78, 5) is 3.99. The lowest BCUT2D eigenvalue weighted by Gasteiger charge is -2.07. The number of nitrogens with zero attached hydrogens (tertiary/aromatic N) is 4. The Morgan fingerprint density at radius 1 is 0.963 bits per heavy atom. The molecular weight excluding hydrogens is 357 g/mol. The third-order valence-corrected chi connectivity index (χ3v) is 4.31. The SMILES string of the molecule is Fc1cc(F)c(-c2ncoc2-c2ccc3nnc(C4=CC=C4)n3c2)cc1F. The van der Waals surface area contributed by atoms with Crippen molar-refractivity contribution in [2.45, 2.75) is 0 Å². The number of hydrogen-bond acceptors (Lipinski definition) is 4. The number of fused-ring (bicyclic) bond motifs is 1. The summed E-state index contributed by atoms with van der Waals surface area (Å²) in [5, 5.41) is 8.25. The van der Waals surface area contributed by atoms with Gasteiger partial charge < -0.3 is 4.42 Å². The Kier molecular flexibility index (Phi) is 3.27. The molecule has 8 heteroatoms. The van der Waals surface area contributed by atoms with Gasteiger partial charge in [-0.2, -0.15) is 0 Å². The predicted octanol–water partition coefficient (Wildman–Crippen LogP) is 4.42. The van der Waals surface area contributed by atoms with Crippen LogP contribution in [0.3, 0.4) is 0 Å². The Morgan fingerprint density at radius 2 is 1.78 bits per heavy atom. The molecule has 0 spiro atoms. The van der Waals surface area contributed by atoms with Gasteiger partial charge in [-0.3, -0.25) is 4.40 Å². The molecule has 0 N–H and O–H groups in total. The zero-order chi connectivity index (χ0) is 18.5. The van der Waals surface area contributed by atoms with E-state index in [1.807, 2.05) is 18.2 Å². The van der Waals surface area contributed by atoms with Crippen LogP contribution in [-0.2, 0) is 0 Å². The van der Waals surface area contributed by atoms with E-state index >= 15 is 0 Å². The molecule has 0 amide bonds. The van der Waals surface area contributed by atoms with Crippen LogP contribution in [0, 0.1) is 17.5 Å². The molecule has 0 aliphatic heterocycles. The summed E-state index contributed by atoms with van der Waals surface area (Å²) in [5.41, 5.74) is 1.98. The summed E-state index contributed by atoms with van der Waals surface area (Å²) in [5.74, 6) is -2.49. The van der Waals surface area contributed by atoms with E-state index in [-0.39, 0.29) is 17.0 Å². The number of benzene rings is 1. The molecule has 5 rings (SSSR count). The fourth-order valence-corrected chi connectivity index (χ4v) is 2.91. The minimum Gasteiger partial charge on any atom is -0.443 e. The highest BCUT2D eigenvalue weighted by atomic mass is 19.2. The number of rotatable bonds is 3. The van der Waals surface area contributed by atoms with Gasteiger partial charge in [0.15, 0.2) is 35.3 Å². The summed E-state index contributed by atoms with van der Waals surface area (Å²) < 4.78 is 48.2. The highest BCUT2D eigenvalue weighted by Gasteiger charge is 2.20.